The van der Waals surface area contributed by atoms with Crippen LogP contribution in [0.1, 0.15) is 11.7 Å². The van der Waals surface area contributed by atoms with Gasteiger partial charge in [0.1, 0.15) is 5.82 Å². The largest absolute Gasteiger partial charge is 0.387 e. The molecule has 1 aliphatic rings. The lowest BCUT2D eigenvalue weighted by Crippen LogP contribution is -2.45. The van der Waals surface area contributed by atoms with Gasteiger partial charge in [0.05, 0.1) is 31.6 Å². The normalized spacial score (nSPS) is 20.9. The monoisotopic (exact) mass is 306 g/mol. The Labute approximate surface area is 128 Å². The number of aromatic nitrogens is 3. The van der Waals surface area contributed by atoms with E-state index in [0.29, 0.717) is 31.8 Å². The molecule has 0 aliphatic carbocycles. The number of hydrogen-bond donors (Lipinski definition) is 1. The SMILES string of the molecule is OC(CN1CCOC(Cn2ccnn2)C1)c1ccccc1F. The molecule has 1 fully saturated rings. The first kappa shape index (κ1) is 15.1. The first-order valence-electron chi connectivity index (χ1n) is 7.33. The summed E-state index contributed by atoms with van der Waals surface area (Å²) >= 11 is 0. The summed E-state index contributed by atoms with van der Waals surface area (Å²) in [6.07, 6.45) is 2.56. The maximum absolute atomic E-state index is 13.7. The lowest BCUT2D eigenvalue weighted by molar-refractivity contribution is -0.0490. The average Bonchev–Trinajstić information content (AvgIpc) is 3.01. The summed E-state index contributed by atoms with van der Waals surface area (Å²) in [5.41, 5.74) is 0.335. The van der Waals surface area contributed by atoms with Crippen LogP contribution in [0.15, 0.2) is 36.7 Å². The molecule has 1 saturated heterocycles. The van der Waals surface area contributed by atoms with Crippen molar-refractivity contribution < 1.29 is 14.2 Å². The standard InChI is InChI=1S/C15H19FN4O2/c16-14-4-2-1-3-13(14)15(21)11-19-7-8-22-12(9-19)10-20-6-5-17-18-20/h1-6,12,15,21H,7-11H2. The Kier molecular flexibility index (Phi) is 4.77. The Morgan fingerprint density at radius 3 is 3.05 bits per heavy atom. The second-order valence-corrected chi connectivity index (χ2v) is 5.41. The van der Waals surface area contributed by atoms with Crippen LogP contribution in [0.4, 0.5) is 4.39 Å². The Balaban J connectivity index is 1.57. The van der Waals surface area contributed by atoms with Crippen LogP contribution in [-0.4, -0.2) is 57.3 Å². The van der Waals surface area contributed by atoms with E-state index < -0.39 is 6.10 Å². The number of rotatable bonds is 5. The lowest BCUT2D eigenvalue weighted by atomic mass is 10.1. The van der Waals surface area contributed by atoms with Gasteiger partial charge >= 0.3 is 0 Å². The molecule has 1 aromatic carbocycles. The van der Waals surface area contributed by atoms with Gasteiger partial charge in [-0.1, -0.05) is 23.4 Å². The third-order valence-electron chi connectivity index (χ3n) is 3.78. The highest BCUT2D eigenvalue weighted by Gasteiger charge is 2.24. The molecule has 0 radical (unpaired) electrons. The zero-order chi connectivity index (χ0) is 15.4. The van der Waals surface area contributed by atoms with E-state index in [0.717, 1.165) is 6.54 Å². The first-order valence-corrected chi connectivity index (χ1v) is 7.33. The van der Waals surface area contributed by atoms with Crippen molar-refractivity contribution in [3.05, 3.63) is 48.0 Å². The number of morpholine rings is 1. The van der Waals surface area contributed by atoms with E-state index in [4.69, 9.17) is 4.74 Å². The Bertz CT molecular complexity index is 593. The predicted molar refractivity (Wildman–Crippen MR) is 77.6 cm³/mol. The fourth-order valence-corrected chi connectivity index (χ4v) is 2.68. The molecule has 2 atom stereocenters. The predicted octanol–water partition coefficient (Wildman–Crippen LogP) is 0.852. The molecule has 0 bridgehead atoms. The molecular weight excluding hydrogens is 287 g/mol. The number of nitrogens with zero attached hydrogens (tertiary/aromatic N) is 4. The summed E-state index contributed by atoms with van der Waals surface area (Å²) in [6.45, 7) is 2.98. The van der Waals surface area contributed by atoms with Gasteiger partial charge in [-0.15, -0.1) is 5.10 Å². The molecule has 118 valence electrons. The van der Waals surface area contributed by atoms with Crippen LogP contribution < -0.4 is 0 Å². The van der Waals surface area contributed by atoms with Gasteiger partial charge in [-0.3, -0.25) is 4.90 Å². The van der Waals surface area contributed by atoms with E-state index in [1.807, 2.05) is 0 Å². The van der Waals surface area contributed by atoms with Crippen molar-refractivity contribution in [1.29, 1.82) is 0 Å². The number of ether oxygens (including phenoxy) is 1. The zero-order valence-electron chi connectivity index (χ0n) is 12.2. The molecule has 0 spiro atoms. The minimum absolute atomic E-state index is 0.0109. The zero-order valence-corrected chi connectivity index (χ0v) is 12.2. The first-order chi connectivity index (χ1) is 10.7. The minimum atomic E-state index is -0.841. The molecule has 7 heteroatoms. The highest BCUT2D eigenvalue weighted by atomic mass is 19.1. The molecule has 2 aromatic rings. The molecule has 1 aromatic heterocycles. The van der Waals surface area contributed by atoms with Crippen molar-refractivity contribution in [1.82, 2.24) is 19.9 Å². The molecule has 0 saturated carbocycles. The summed E-state index contributed by atoms with van der Waals surface area (Å²) in [7, 11) is 0. The third-order valence-corrected chi connectivity index (χ3v) is 3.78. The van der Waals surface area contributed by atoms with E-state index in [2.05, 4.69) is 15.2 Å². The molecule has 2 heterocycles. The average molecular weight is 306 g/mol. The highest BCUT2D eigenvalue weighted by Crippen LogP contribution is 2.19. The Hall–Kier alpha value is -1.83. The van der Waals surface area contributed by atoms with Gasteiger partial charge in [0.2, 0.25) is 0 Å². The summed E-state index contributed by atoms with van der Waals surface area (Å²) in [4.78, 5) is 2.09. The summed E-state index contributed by atoms with van der Waals surface area (Å²) in [5.74, 6) is -0.373. The van der Waals surface area contributed by atoms with Crippen molar-refractivity contribution in [3.63, 3.8) is 0 Å². The molecule has 3 rings (SSSR count). The van der Waals surface area contributed by atoms with Gasteiger partial charge in [0, 0.05) is 31.4 Å². The topological polar surface area (TPSA) is 63.4 Å². The molecule has 2 unspecified atom stereocenters. The number of benzene rings is 1. The third kappa shape index (κ3) is 3.68. The number of halogens is 1. The van der Waals surface area contributed by atoms with Crippen LogP contribution in [0.2, 0.25) is 0 Å². The van der Waals surface area contributed by atoms with E-state index in [-0.39, 0.29) is 11.9 Å². The summed E-state index contributed by atoms with van der Waals surface area (Å²) in [6, 6.07) is 6.33. The van der Waals surface area contributed by atoms with Gasteiger partial charge in [-0.05, 0) is 6.07 Å². The quantitative estimate of drug-likeness (QED) is 0.887. The minimum Gasteiger partial charge on any atom is -0.387 e. The number of β-amino-alcohol motifs (C(OH)–C–C–N with tert-alkyl or cyclic N) is 1. The number of aliphatic hydroxyl groups is 1. The van der Waals surface area contributed by atoms with Gasteiger partial charge in [0.25, 0.3) is 0 Å². The summed E-state index contributed by atoms with van der Waals surface area (Å²) in [5, 5.41) is 17.9. The van der Waals surface area contributed by atoms with Crippen molar-refractivity contribution in [2.24, 2.45) is 0 Å². The molecule has 6 nitrogen and oxygen atoms in total. The van der Waals surface area contributed by atoms with Crippen LogP contribution in [0.3, 0.4) is 0 Å². The fraction of sp³-hybridized carbons (Fsp3) is 0.467. The van der Waals surface area contributed by atoms with Crippen LogP contribution in [-0.2, 0) is 11.3 Å². The number of hydrogen-bond acceptors (Lipinski definition) is 5. The molecule has 22 heavy (non-hydrogen) atoms. The van der Waals surface area contributed by atoms with E-state index in [1.54, 1.807) is 35.3 Å². The van der Waals surface area contributed by atoms with Gasteiger partial charge in [-0.25, -0.2) is 9.07 Å². The van der Waals surface area contributed by atoms with E-state index >= 15 is 0 Å². The number of aliphatic hydroxyl groups excluding tert-OH is 1. The maximum atomic E-state index is 13.7. The Morgan fingerprint density at radius 1 is 1.41 bits per heavy atom. The van der Waals surface area contributed by atoms with Crippen molar-refractivity contribution >= 4 is 0 Å². The molecular formula is C15H19FN4O2. The molecule has 0 amide bonds. The smallest absolute Gasteiger partial charge is 0.129 e. The van der Waals surface area contributed by atoms with Crippen molar-refractivity contribution in [2.75, 3.05) is 26.2 Å². The summed E-state index contributed by atoms with van der Waals surface area (Å²) < 4.78 is 21.1. The maximum Gasteiger partial charge on any atom is 0.129 e. The molecule has 1 aliphatic heterocycles. The van der Waals surface area contributed by atoms with Gasteiger partial charge in [0.15, 0.2) is 0 Å². The van der Waals surface area contributed by atoms with Crippen molar-refractivity contribution in [2.45, 2.75) is 18.8 Å². The Morgan fingerprint density at radius 2 is 2.27 bits per heavy atom. The second-order valence-electron chi connectivity index (χ2n) is 5.41. The van der Waals surface area contributed by atoms with E-state index in [1.165, 1.54) is 6.07 Å². The van der Waals surface area contributed by atoms with E-state index in [9.17, 15) is 9.50 Å². The van der Waals surface area contributed by atoms with Gasteiger partial charge < -0.3 is 9.84 Å². The van der Waals surface area contributed by atoms with Crippen LogP contribution in [0.25, 0.3) is 0 Å². The highest BCUT2D eigenvalue weighted by molar-refractivity contribution is 5.20. The lowest BCUT2D eigenvalue weighted by Gasteiger charge is -2.34. The van der Waals surface area contributed by atoms with Crippen LogP contribution in [0.5, 0.6) is 0 Å². The van der Waals surface area contributed by atoms with Crippen LogP contribution in [0, 0.1) is 5.82 Å². The molecule has 1 N–H and O–H groups in total. The van der Waals surface area contributed by atoms with Crippen LogP contribution >= 0.6 is 0 Å². The van der Waals surface area contributed by atoms with Crippen molar-refractivity contribution in [3.8, 4) is 0 Å². The fourth-order valence-electron chi connectivity index (χ4n) is 2.68. The second kappa shape index (κ2) is 6.95. The van der Waals surface area contributed by atoms with Gasteiger partial charge in [-0.2, -0.15) is 0 Å².